The molecule has 0 N–H and O–H groups in total. The van der Waals surface area contributed by atoms with Crippen molar-refractivity contribution in [1.82, 2.24) is 4.37 Å². The number of hydrogen-bond donors (Lipinski definition) is 0. The second kappa shape index (κ2) is 5.38. The van der Waals surface area contributed by atoms with E-state index in [-0.39, 0.29) is 21.4 Å². The van der Waals surface area contributed by atoms with Crippen LogP contribution in [0.3, 0.4) is 0 Å². The van der Waals surface area contributed by atoms with Crippen molar-refractivity contribution >= 4 is 21.4 Å². The highest BCUT2D eigenvalue weighted by molar-refractivity contribution is 7.92. The predicted molar refractivity (Wildman–Crippen MR) is 70.7 cm³/mol. The van der Waals surface area contributed by atoms with Gasteiger partial charge in [-0.25, -0.2) is 8.42 Å². The number of aromatic nitrogens is 1. The monoisotopic (exact) mass is 294 g/mol. The average molecular weight is 294 g/mol. The van der Waals surface area contributed by atoms with Crippen molar-refractivity contribution in [3.05, 3.63) is 41.5 Å². The van der Waals surface area contributed by atoms with Crippen LogP contribution in [0.1, 0.15) is 11.1 Å². The maximum atomic E-state index is 12.3. The van der Waals surface area contributed by atoms with Gasteiger partial charge in [-0.3, -0.25) is 0 Å². The number of benzene rings is 1. The third kappa shape index (κ3) is 2.75. The number of ether oxygens (including phenoxy) is 1. The molecule has 0 fully saturated rings. The first-order valence-corrected chi connectivity index (χ1v) is 7.71. The van der Waals surface area contributed by atoms with Gasteiger partial charge >= 0.3 is 0 Å². The van der Waals surface area contributed by atoms with Crippen LogP contribution in [0.15, 0.2) is 34.5 Å². The van der Waals surface area contributed by atoms with Crippen LogP contribution in [0.25, 0.3) is 0 Å². The van der Waals surface area contributed by atoms with Crippen LogP contribution in [0.2, 0.25) is 0 Å². The summed E-state index contributed by atoms with van der Waals surface area (Å²) in [5, 5.41) is 9.02. The molecule has 0 saturated carbocycles. The fourth-order valence-corrected chi connectivity index (χ4v) is 4.07. The minimum absolute atomic E-state index is 0.0246. The van der Waals surface area contributed by atoms with E-state index in [0.29, 0.717) is 5.56 Å². The van der Waals surface area contributed by atoms with Gasteiger partial charge in [0.2, 0.25) is 5.88 Å². The summed E-state index contributed by atoms with van der Waals surface area (Å²) >= 11 is 0.766. The van der Waals surface area contributed by atoms with Crippen molar-refractivity contribution in [2.24, 2.45) is 0 Å². The maximum absolute atomic E-state index is 12.3. The molecule has 1 aromatic carbocycles. The molecule has 0 aliphatic rings. The molecule has 1 aromatic heterocycles. The first kappa shape index (κ1) is 13.5. The molecular weight excluding hydrogens is 284 g/mol. The maximum Gasteiger partial charge on any atom is 0.244 e. The van der Waals surface area contributed by atoms with E-state index in [2.05, 4.69) is 4.37 Å². The van der Waals surface area contributed by atoms with E-state index in [1.807, 2.05) is 12.1 Å². The van der Waals surface area contributed by atoms with Crippen molar-refractivity contribution < 1.29 is 13.2 Å². The normalized spacial score (nSPS) is 10.9. The van der Waals surface area contributed by atoms with Crippen molar-refractivity contribution in [2.75, 3.05) is 7.11 Å². The van der Waals surface area contributed by atoms with E-state index in [0.717, 1.165) is 11.5 Å². The van der Waals surface area contributed by atoms with Crippen molar-refractivity contribution in [3.8, 4) is 11.9 Å². The second-order valence-electron chi connectivity index (χ2n) is 3.71. The standard InChI is InChI=1S/C12H10N2O3S2/c1-17-11-10(7-13)12(18-14-11)19(15,16)8-9-5-3-2-4-6-9/h2-6H,8H2,1H3. The highest BCUT2D eigenvalue weighted by Crippen LogP contribution is 2.30. The van der Waals surface area contributed by atoms with Crippen LogP contribution in [0, 0.1) is 11.3 Å². The molecule has 1 heterocycles. The van der Waals surface area contributed by atoms with Gasteiger partial charge in [-0.05, 0) is 17.1 Å². The summed E-state index contributed by atoms with van der Waals surface area (Å²) in [6.07, 6.45) is 0. The van der Waals surface area contributed by atoms with Gasteiger partial charge in [0.1, 0.15) is 11.6 Å². The highest BCUT2D eigenvalue weighted by Gasteiger charge is 2.26. The van der Waals surface area contributed by atoms with Crippen LogP contribution in [0.4, 0.5) is 0 Å². The molecule has 98 valence electrons. The molecule has 0 amide bonds. The third-order valence-corrected chi connectivity index (χ3v) is 5.51. The van der Waals surface area contributed by atoms with Crippen LogP contribution in [-0.2, 0) is 15.6 Å². The van der Waals surface area contributed by atoms with E-state index in [4.69, 9.17) is 10.00 Å². The third-order valence-electron chi connectivity index (χ3n) is 2.42. The molecule has 7 heteroatoms. The molecular formula is C12H10N2O3S2. The molecule has 19 heavy (non-hydrogen) atoms. The van der Waals surface area contributed by atoms with E-state index >= 15 is 0 Å². The number of methoxy groups -OCH3 is 1. The molecule has 0 saturated heterocycles. The summed E-state index contributed by atoms with van der Waals surface area (Å²) in [5.74, 6) is -0.104. The minimum atomic E-state index is -3.59. The van der Waals surface area contributed by atoms with Gasteiger partial charge in [-0.2, -0.15) is 9.64 Å². The fourth-order valence-electron chi connectivity index (χ4n) is 1.57. The van der Waals surface area contributed by atoms with Crippen molar-refractivity contribution in [2.45, 2.75) is 9.96 Å². The molecule has 2 rings (SSSR count). The van der Waals surface area contributed by atoms with Crippen LogP contribution in [0.5, 0.6) is 5.88 Å². The number of sulfone groups is 1. The Hall–Kier alpha value is -1.91. The van der Waals surface area contributed by atoms with Gasteiger partial charge in [0.05, 0.1) is 12.9 Å². The Bertz CT molecular complexity index is 715. The molecule has 0 bridgehead atoms. The van der Waals surface area contributed by atoms with Gasteiger partial charge in [-0.1, -0.05) is 30.3 Å². The Kier molecular flexibility index (Phi) is 3.83. The lowest BCUT2D eigenvalue weighted by Crippen LogP contribution is -2.04. The summed E-state index contributed by atoms with van der Waals surface area (Å²) in [5.41, 5.74) is 0.641. The van der Waals surface area contributed by atoms with Gasteiger partial charge < -0.3 is 4.74 Å². The summed E-state index contributed by atoms with van der Waals surface area (Å²) in [6, 6.07) is 10.6. The summed E-state index contributed by atoms with van der Waals surface area (Å²) in [4.78, 5) is 0. The SMILES string of the molecule is COc1nsc(S(=O)(=O)Cc2ccccc2)c1C#N. The topological polar surface area (TPSA) is 80.0 Å². The van der Waals surface area contributed by atoms with Crippen molar-refractivity contribution in [3.63, 3.8) is 0 Å². The van der Waals surface area contributed by atoms with E-state index < -0.39 is 9.84 Å². The first-order chi connectivity index (χ1) is 9.08. The number of rotatable bonds is 4. The van der Waals surface area contributed by atoms with Crippen LogP contribution < -0.4 is 4.74 Å². The quantitative estimate of drug-likeness (QED) is 0.861. The highest BCUT2D eigenvalue weighted by atomic mass is 32.2. The smallest absolute Gasteiger partial charge is 0.244 e. The molecule has 0 unspecified atom stereocenters. The first-order valence-electron chi connectivity index (χ1n) is 5.29. The lowest BCUT2D eigenvalue weighted by molar-refractivity contribution is 0.400. The van der Waals surface area contributed by atoms with Gasteiger partial charge in [-0.15, -0.1) is 0 Å². The van der Waals surface area contributed by atoms with E-state index in [1.165, 1.54) is 7.11 Å². The molecule has 0 atom stereocenters. The minimum Gasteiger partial charge on any atom is -0.479 e. The summed E-state index contributed by atoms with van der Waals surface area (Å²) in [6.45, 7) is 0. The van der Waals surface area contributed by atoms with Gasteiger partial charge in [0.25, 0.3) is 0 Å². The van der Waals surface area contributed by atoms with Crippen LogP contribution in [-0.4, -0.2) is 19.9 Å². The van der Waals surface area contributed by atoms with Crippen molar-refractivity contribution in [1.29, 1.82) is 5.26 Å². The Morgan fingerprint density at radius 2 is 2.05 bits per heavy atom. The molecule has 0 aliphatic heterocycles. The number of nitriles is 1. The molecule has 0 aliphatic carbocycles. The lowest BCUT2D eigenvalue weighted by atomic mass is 10.2. The zero-order valence-corrected chi connectivity index (χ0v) is 11.7. The molecule has 5 nitrogen and oxygen atoms in total. The zero-order valence-electron chi connectivity index (χ0n) is 10.0. The van der Waals surface area contributed by atoms with E-state index in [9.17, 15) is 8.42 Å². The Morgan fingerprint density at radius 3 is 2.63 bits per heavy atom. The van der Waals surface area contributed by atoms with Gasteiger partial charge in [0.15, 0.2) is 14.0 Å². The number of hydrogen-bond acceptors (Lipinski definition) is 6. The zero-order chi connectivity index (χ0) is 13.9. The Labute approximate surface area is 115 Å². The van der Waals surface area contributed by atoms with Gasteiger partial charge in [0, 0.05) is 0 Å². The average Bonchev–Trinajstić information content (AvgIpc) is 2.83. The Balaban J connectivity index is 2.41. The fraction of sp³-hybridized carbons (Fsp3) is 0.167. The second-order valence-corrected chi connectivity index (χ2v) is 6.67. The Morgan fingerprint density at radius 1 is 1.37 bits per heavy atom. The predicted octanol–water partition coefficient (Wildman–Crippen LogP) is 2.00. The largest absolute Gasteiger partial charge is 0.479 e. The van der Waals surface area contributed by atoms with Crippen LogP contribution >= 0.6 is 11.5 Å². The summed E-state index contributed by atoms with van der Waals surface area (Å²) in [7, 11) is -2.24. The lowest BCUT2D eigenvalue weighted by Gasteiger charge is -2.02. The number of nitrogens with zero attached hydrogens (tertiary/aromatic N) is 2. The van der Waals surface area contributed by atoms with E-state index in [1.54, 1.807) is 24.3 Å². The molecule has 0 radical (unpaired) electrons. The molecule has 0 spiro atoms. The summed E-state index contributed by atoms with van der Waals surface area (Å²) < 4.78 is 33.2. The molecule has 2 aromatic rings.